The topological polar surface area (TPSA) is 72.1 Å². The van der Waals surface area contributed by atoms with Gasteiger partial charge in [0, 0.05) is 18.0 Å². The molecule has 1 aromatic rings. The molecule has 1 amide bonds. The molecule has 0 spiro atoms. The number of anilines is 1. The Kier molecular flexibility index (Phi) is 5.34. The molecule has 0 saturated heterocycles. The van der Waals surface area contributed by atoms with E-state index in [0.717, 1.165) is 0 Å². The fourth-order valence-corrected chi connectivity index (χ4v) is 1.95. The van der Waals surface area contributed by atoms with Crippen molar-refractivity contribution in [3.63, 3.8) is 0 Å². The monoisotopic (exact) mass is 298 g/mol. The standard InChI is InChI=1S/C14H23ClN4O/c1-9(2)7-19(8-11(16)20)12-6-10(15)17-13(18-12)14(3,4)5/h6,9H,7-8H2,1-5H3,(H2,16,20). The van der Waals surface area contributed by atoms with Crippen LogP contribution in [0.15, 0.2) is 6.07 Å². The van der Waals surface area contributed by atoms with Crippen molar-refractivity contribution in [1.82, 2.24) is 9.97 Å². The number of primary amides is 1. The molecule has 0 aromatic carbocycles. The van der Waals surface area contributed by atoms with Gasteiger partial charge in [-0.25, -0.2) is 9.97 Å². The van der Waals surface area contributed by atoms with Crippen molar-refractivity contribution < 1.29 is 4.79 Å². The largest absolute Gasteiger partial charge is 0.368 e. The molecule has 1 heterocycles. The Labute approximate surface area is 125 Å². The molecule has 0 atom stereocenters. The van der Waals surface area contributed by atoms with E-state index in [1.165, 1.54) is 0 Å². The van der Waals surface area contributed by atoms with E-state index in [4.69, 9.17) is 17.3 Å². The third kappa shape index (κ3) is 4.96. The molecule has 0 aliphatic heterocycles. The molecule has 1 aromatic heterocycles. The Morgan fingerprint density at radius 2 is 2.00 bits per heavy atom. The van der Waals surface area contributed by atoms with Crippen LogP contribution in [0, 0.1) is 5.92 Å². The Morgan fingerprint density at radius 1 is 1.40 bits per heavy atom. The zero-order chi connectivity index (χ0) is 15.5. The number of nitrogens with two attached hydrogens (primary N) is 1. The van der Waals surface area contributed by atoms with Gasteiger partial charge in [0.1, 0.15) is 16.8 Å². The van der Waals surface area contributed by atoms with Crippen molar-refractivity contribution in [1.29, 1.82) is 0 Å². The lowest BCUT2D eigenvalue weighted by molar-refractivity contribution is -0.116. The predicted molar refractivity (Wildman–Crippen MR) is 82.0 cm³/mol. The summed E-state index contributed by atoms with van der Waals surface area (Å²) >= 11 is 6.08. The first-order valence-corrected chi connectivity index (χ1v) is 7.05. The van der Waals surface area contributed by atoms with E-state index in [2.05, 4.69) is 23.8 Å². The Bertz CT molecular complexity index is 483. The molecule has 112 valence electrons. The second-order valence-corrected chi connectivity index (χ2v) is 6.75. The molecule has 0 aliphatic rings. The highest BCUT2D eigenvalue weighted by Crippen LogP contribution is 2.24. The van der Waals surface area contributed by atoms with Crippen LogP contribution in [0.1, 0.15) is 40.4 Å². The quantitative estimate of drug-likeness (QED) is 0.847. The van der Waals surface area contributed by atoms with E-state index >= 15 is 0 Å². The first-order chi connectivity index (χ1) is 9.09. The van der Waals surface area contributed by atoms with Gasteiger partial charge in [-0.3, -0.25) is 4.79 Å². The molecule has 6 heteroatoms. The number of carbonyl (C=O) groups excluding carboxylic acids is 1. The minimum absolute atomic E-state index is 0.120. The smallest absolute Gasteiger partial charge is 0.236 e. The second kappa shape index (κ2) is 6.39. The maximum absolute atomic E-state index is 11.2. The molecule has 5 nitrogen and oxygen atoms in total. The van der Waals surface area contributed by atoms with Crippen molar-refractivity contribution in [3.05, 3.63) is 17.0 Å². The van der Waals surface area contributed by atoms with Crippen LogP contribution in [0.4, 0.5) is 5.82 Å². The summed E-state index contributed by atoms with van der Waals surface area (Å²) in [5, 5.41) is 0.373. The minimum Gasteiger partial charge on any atom is -0.368 e. The highest BCUT2D eigenvalue weighted by atomic mass is 35.5. The van der Waals surface area contributed by atoms with Crippen molar-refractivity contribution in [2.45, 2.75) is 40.0 Å². The lowest BCUT2D eigenvalue weighted by Gasteiger charge is -2.26. The Balaban J connectivity index is 3.18. The van der Waals surface area contributed by atoms with Gasteiger partial charge < -0.3 is 10.6 Å². The first kappa shape index (κ1) is 16.7. The zero-order valence-electron chi connectivity index (χ0n) is 12.8. The summed E-state index contributed by atoms with van der Waals surface area (Å²) in [4.78, 5) is 21.9. The summed E-state index contributed by atoms with van der Waals surface area (Å²) in [6.45, 7) is 11.0. The van der Waals surface area contributed by atoms with E-state index in [1.807, 2.05) is 25.7 Å². The summed E-state index contributed by atoms with van der Waals surface area (Å²) in [6, 6.07) is 1.67. The molecule has 20 heavy (non-hydrogen) atoms. The van der Waals surface area contributed by atoms with E-state index in [1.54, 1.807) is 6.07 Å². The van der Waals surface area contributed by atoms with Gasteiger partial charge in [-0.15, -0.1) is 0 Å². The van der Waals surface area contributed by atoms with E-state index in [9.17, 15) is 4.79 Å². The van der Waals surface area contributed by atoms with Crippen LogP contribution in [0.2, 0.25) is 5.15 Å². The molecular formula is C14H23ClN4O. The van der Waals surface area contributed by atoms with Crippen molar-refractivity contribution in [3.8, 4) is 0 Å². The van der Waals surface area contributed by atoms with E-state index in [0.29, 0.717) is 29.3 Å². The summed E-state index contributed by atoms with van der Waals surface area (Å²) in [5.41, 5.74) is 5.10. The second-order valence-electron chi connectivity index (χ2n) is 6.36. The van der Waals surface area contributed by atoms with Gasteiger partial charge in [-0.2, -0.15) is 0 Å². The van der Waals surface area contributed by atoms with E-state index < -0.39 is 5.91 Å². The summed E-state index contributed by atoms with van der Waals surface area (Å²) in [6.07, 6.45) is 0. The van der Waals surface area contributed by atoms with Crippen LogP contribution in [0.3, 0.4) is 0 Å². The highest BCUT2D eigenvalue weighted by Gasteiger charge is 2.21. The maximum atomic E-state index is 11.2. The fourth-order valence-electron chi connectivity index (χ4n) is 1.77. The number of hydrogen-bond acceptors (Lipinski definition) is 4. The number of halogens is 1. The fraction of sp³-hybridized carbons (Fsp3) is 0.643. The number of rotatable bonds is 5. The minimum atomic E-state index is -0.391. The normalized spacial score (nSPS) is 11.8. The molecule has 1 rings (SSSR count). The molecule has 0 aliphatic carbocycles. The molecule has 0 radical (unpaired) electrons. The van der Waals surface area contributed by atoms with Crippen LogP contribution in [0.5, 0.6) is 0 Å². The van der Waals surface area contributed by atoms with Gasteiger partial charge in [0.2, 0.25) is 5.91 Å². The average molecular weight is 299 g/mol. The van der Waals surface area contributed by atoms with Gasteiger partial charge in [0.15, 0.2) is 0 Å². The van der Waals surface area contributed by atoms with Crippen LogP contribution >= 0.6 is 11.6 Å². The molecule has 0 saturated carbocycles. The van der Waals surface area contributed by atoms with Crippen molar-refractivity contribution in [2.75, 3.05) is 18.0 Å². The maximum Gasteiger partial charge on any atom is 0.236 e. The van der Waals surface area contributed by atoms with Crippen molar-refractivity contribution in [2.24, 2.45) is 11.7 Å². The molecular weight excluding hydrogens is 276 g/mol. The van der Waals surface area contributed by atoms with Crippen LogP contribution in [-0.4, -0.2) is 29.0 Å². The summed E-state index contributed by atoms with van der Waals surface area (Å²) < 4.78 is 0. The lowest BCUT2D eigenvalue weighted by Crippen LogP contribution is -2.37. The third-order valence-electron chi connectivity index (χ3n) is 2.61. The average Bonchev–Trinajstić information content (AvgIpc) is 2.24. The summed E-state index contributed by atoms with van der Waals surface area (Å²) in [5.74, 6) is 1.28. The number of carbonyl (C=O) groups is 1. The zero-order valence-corrected chi connectivity index (χ0v) is 13.5. The van der Waals surface area contributed by atoms with Gasteiger partial charge in [-0.05, 0) is 5.92 Å². The van der Waals surface area contributed by atoms with Crippen LogP contribution < -0.4 is 10.6 Å². The molecule has 0 bridgehead atoms. The Morgan fingerprint density at radius 3 is 2.45 bits per heavy atom. The lowest BCUT2D eigenvalue weighted by atomic mass is 9.96. The molecule has 2 N–H and O–H groups in total. The number of nitrogens with zero attached hydrogens (tertiary/aromatic N) is 3. The van der Waals surface area contributed by atoms with Gasteiger partial charge in [0.25, 0.3) is 0 Å². The van der Waals surface area contributed by atoms with Crippen LogP contribution in [-0.2, 0) is 10.2 Å². The third-order valence-corrected chi connectivity index (χ3v) is 2.80. The highest BCUT2D eigenvalue weighted by molar-refractivity contribution is 6.29. The van der Waals surface area contributed by atoms with Crippen LogP contribution in [0.25, 0.3) is 0 Å². The first-order valence-electron chi connectivity index (χ1n) is 6.68. The van der Waals surface area contributed by atoms with Gasteiger partial charge in [-0.1, -0.05) is 46.2 Å². The SMILES string of the molecule is CC(C)CN(CC(N)=O)c1cc(Cl)nc(C(C)(C)C)n1. The van der Waals surface area contributed by atoms with Gasteiger partial charge >= 0.3 is 0 Å². The summed E-state index contributed by atoms with van der Waals surface area (Å²) in [7, 11) is 0. The van der Waals surface area contributed by atoms with E-state index in [-0.39, 0.29) is 12.0 Å². The number of aromatic nitrogens is 2. The number of amides is 1. The van der Waals surface area contributed by atoms with Gasteiger partial charge in [0.05, 0.1) is 6.54 Å². The Hall–Kier alpha value is -1.36. The number of hydrogen-bond donors (Lipinski definition) is 1. The van der Waals surface area contributed by atoms with Crippen molar-refractivity contribution >= 4 is 23.3 Å². The molecule has 0 unspecified atom stereocenters. The predicted octanol–water partition coefficient (Wildman–Crippen LogP) is 2.38. The molecule has 0 fully saturated rings.